The molecule has 1 aliphatic carbocycles. The monoisotopic (exact) mass is 367 g/mol. The third kappa shape index (κ3) is 4.57. The fourth-order valence-electron chi connectivity index (χ4n) is 3.00. The smallest absolute Gasteiger partial charge is 0.318 e. The van der Waals surface area contributed by atoms with Crippen LogP contribution >= 0.6 is 15.9 Å². The van der Waals surface area contributed by atoms with E-state index in [1.54, 1.807) is 6.92 Å². The Morgan fingerprint density at radius 2 is 2.05 bits per heavy atom. The number of amides is 1. The molecule has 0 heterocycles. The van der Waals surface area contributed by atoms with Crippen LogP contribution in [-0.2, 0) is 14.3 Å². The summed E-state index contributed by atoms with van der Waals surface area (Å²) in [7, 11) is 0. The van der Waals surface area contributed by atoms with Gasteiger partial charge in [-0.05, 0) is 43.9 Å². The number of ether oxygens (including phenoxy) is 1. The molecule has 1 aromatic carbocycles. The summed E-state index contributed by atoms with van der Waals surface area (Å²) in [5.74, 6) is -1.29. The Balaban J connectivity index is 2.12. The molecule has 0 radical (unpaired) electrons. The second kappa shape index (κ2) is 8.32. The van der Waals surface area contributed by atoms with Gasteiger partial charge in [-0.15, -0.1) is 0 Å². The molecule has 1 aliphatic rings. The van der Waals surface area contributed by atoms with Crippen LogP contribution in [0.15, 0.2) is 28.7 Å². The van der Waals surface area contributed by atoms with Crippen LogP contribution in [-0.4, -0.2) is 18.5 Å². The van der Waals surface area contributed by atoms with Gasteiger partial charge in [0.05, 0.1) is 6.61 Å². The number of nitrogens with one attached hydrogen (secondary N) is 1. The highest BCUT2D eigenvalue weighted by molar-refractivity contribution is 9.10. The van der Waals surface area contributed by atoms with Gasteiger partial charge >= 0.3 is 5.97 Å². The summed E-state index contributed by atoms with van der Waals surface area (Å²) in [5, 5.41) is 2.85. The maximum atomic E-state index is 12.6. The number of halogens is 1. The fourth-order valence-corrected chi connectivity index (χ4v) is 3.40. The van der Waals surface area contributed by atoms with E-state index in [4.69, 9.17) is 4.74 Å². The van der Waals surface area contributed by atoms with E-state index < -0.39 is 11.9 Å². The SMILES string of the molecule is CCOC(=O)[C@H](C(=O)Nc1cccc(Br)c1)C1CCCCC1. The first-order chi connectivity index (χ1) is 10.6. The maximum absolute atomic E-state index is 12.6. The van der Waals surface area contributed by atoms with Gasteiger partial charge in [-0.1, -0.05) is 41.3 Å². The van der Waals surface area contributed by atoms with E-state index in [-0.39, 0.29) is 11.8 Å². The van der Waals surface area contributed by atoms with Crippen molar-refractivity contribution in [2.24, 2.45) is 11.8 Å². The highest BCUT2D eigenvalue weighted by Gasteiger charge is 2.36. The Bertz CT molecular complexity index is 526. The normalized spacial score (nSPS) is 16.8. The zero-order valence-corrected chi connectivity index (χ0v) is 14.4. The first-order valence-electron chi connectivity index (χ1n) is 7.85. The summed E-state index contributed by atoms with van der Waals surface area (Å²) >= 11 is 3.38. The molecule has 1 saturated carbocycles. The molecule has 0 spiro atoms. The van der Waals surface area contributed by atoms with E-state index in [9.17, 15) is 9.59 Å². The van der Waals surface area contributed by atoms with E-state index in [1.165, 1.54) is 6.42 Å². The van der Waals surface area contributed by atoms with Crippen molar-refractivity contribution < 1.29 is 14.3 Å². The molecular formula is C17H22BrNO3. The minimum absolute atomic E-state index is 0.0833. The zero-order valence-electron chi connectivity index (χ0n) is 12.8. The first-order valence-corrected chi connectivity index (χ1v) is 8.64. The number of carbonyl (C=O) groups excluding carboxylic acids is 2. The second-order valence-electron chi connectivity index (χ2n) is 5.63. The number of esters is 1. The zero-order chi connectivity index (χ0) is 15.9. The molecule has 1 fully saturated rings. The van der Waals surface area contributed by atoms with Crippen molar-refractivity contribution in [3.63, 3.8) is 0 Å². The summed E-state index contributed by atoms with van der Waals surface area (Å²) in [4.78, 5) is 24.9. The van der Waals surface area contributed by atoms with Crippen LogP contribution in [0.5, 0.6) is 0 Å². The molecular weight excluding hydrogens is 346 g/mol. The highest BCUT2D eigenvalue weighted by Crippen LogP contribution is 2.32. The summed E-state index contributed by atoms with van der Waals surface area (Å²) in [6.45, 7) is 2.06. The summed E-state index contributed by atoms with van der Waals surface area (Å²) in [5.41, 5.74) is 0.685. The van der Waals surface area contributed by atoms with Crippen LogP contribution < -0.4 is 5.32 Å². The van der Waals surface area contributed by atoms with Gasteiger partial charge in [-0.2, -0.15) is 0 Å². The maximum Gasteiger partial charge on any atom is 0.318 e. The number of hydrogen-bond donors (Lipinski definition) is 1. The average Bonchev–Trinajstić information content (AvgIpc) is 2.49. The van der Waals surface area contributed by atoms with Crippen molar-refractivity contribution in [1.29, 1.82) is 0 Å². The van der Waals surface area contributed by atoms with Crippen molar-refractivity contribution in [2.75, 3.05) is 11.9 Å². The van der Waals surface area contributed by atoms with Crippen molar-refractivity contribution in [1.82, 2.24) is 0 Å². The Morgan fingerprint density at radius 1 is 1.32 bits per heavy atom. The molecule has 0 aliphatic heterocycles. The fraction of sp³-hybridized carbons (Fsp3) is 0.529. The summed E-state index contributed by atoms with van der Waals surface area (Å²) in [6.07, 6.45) is 5.15. The van der Waals surface area contributed by atoms with E-state index in [2.05, 4.69) is 21.2 Å². The quantitative estimate of drug-likeness (QED) is 0.628. The predicted molar refractivity (Wildman–Crippen MR) is 89.5 cm³/mol. The van der Waals surface area contributed by atoms with Crippen LogP contribution in [0.25, 0.3) is 0 Å². The van der Waals surface area contributed by atoms with Crippen LogP contribution in [0.4, 0.5) is 5.69 Å². The standard InChI is InChI=1S/C17H22BrNO3/c1-2-22-17(21)15(12-7-4-3-5-8-12)16(20)19-14-10-6-9-13(18)11-14/h6,9-12,15H,2-5,7-8H2,1H3,(H,19,20)/t15-/m0/s1. The minimum Gasteiger partial charge on any atom is -0.465 e. The molecule has 120 valence electrons. The van der Waals surface area contributed by atoms with Crippen molar-refractivity contribution in [3.8, 4) is 0 Å². The van der Waals surface area contributed by atoms with Gasteiger partial charge in [-0.3, -0.25) is 9.59 Å². The molecule has 0 unspecified atom stereocenters. The topological polar surface area (TPSA) is 55.4 Å². The number of benzene rings is 1. The Morgan fingerprint density at radius 3 is 2.68 bits per heavy atom. The van der Waals surface area contributed by atoms with Crippen LogP contribution in [0, 0.1) is 11.8 Å². The molecule has 0 saturated heterocycles. The van der Waals surface area contributed by atoms with Crippen molar-refractivity contribution >= 4 is 33.5 Å². The van der Waals surface area contributed by atoms with Gasteiger partial charge < -0.3 is 10.1 Å². The van der Waals surface area contributed by atoms with E-state index >= 15 is 0 Å². The molecule has 22 heavy (non-hydrogen) atoms. The van der Waals surface area contributed by atoms with E-state index in [1.807, 2.05) is 24.3 Å². The average molecular weight is 368 g/mol. The molecule has 0 bridgehead atoms. The van der Waals surface area contributed by atoms with Crippen molar-refractivity contribution in [3.05, 3.63) is 28.7 Å². The van der Waals surface area contributed by atoms with Gasteiger partial charge in [0, 0.05) is 10.2 Å². The molecule has 1 aromatic rings. The van der Waals surface area contributed by atoms with Gasteiger partial charge in [0.1, 0.15) is 5.92 Å². The van der Waals surface area contributed by atoms with Crippen molar-refractivity contribution in [2.45, 2.75) is 39.0 Å². The van der Waals surface area contributed by atoms with E-state index in [0.29, 0.717) is 12.3 Å². The third-order valence-corrected chi connectivity index (χ3v) is 4.53. The lowest BCUT2D eigenvalue weighted by molar-refractivity contribution is -0.153. The van der Waals surface area contributed by atoms with Gasteiger partial charge in [0.15, 0.2) is 0 Å². The molecule has 0 aromatic heterocycles. The summed E-state index contributed by atoms with van der Waals surface area (Å²) in [6, 6.07) is 7.37. The lowest BCUT2D eigenvalue weighted by Crippen LogP contribution is -2.37. The lowest BCUT2D eigenvalue weighted by Gasteiger charge is -2.27. The molecule has 1 N–H and O–H groups in total. The molecule has 1 atom stereocenters. The number of anilines is 1. The Labute approximate surface area is 139 Å². The second-order valence-corrected chi connectivity index (χ2v) is 6.54. The largest absolute Gasteiger partial charge is 0.465 e. The molecule has 2 rings (SSSR count). The van der Waals surface area contributed by atoms with Crippen LogP contribution in [0.2, 0.25) is 0 Å². The predicted octanol–water partition coefficient (Wildman–Crippen LogP) is 4.15. The van der Waals surface area contributed by atoms with Crippen LogP contribution in [0.1, 0.15) is 39.0 Å². The molecule has 4 nitrogen and oxygen atoms in total. The first kappa shape index (κ1) is 17.0. The van der Waals surface area contributed by atoms with Gasteiger partial charge in [-0.25, -0.2) is 0 Å². The summed E-state index contributed by atoms with van der Waals surface area (Å²) < 4.78 is 6.02. The Kier molecular flexibility index (Phi) is 6.43. The third-order valence-electron chi connectivity index (χ3n) is 4.04. The van der Waals surface area contributed by atoms with Crippen LogP contribution in [0.3, 0.4) is 0 Å². The number of carbonyl (C=O) groups is 2. The minimum atomic E-state index is -0.709. The van der Waals surface area contributed by atoms with E-state index in [0.717, 1.165) is 30.2 Å². The highest BCUT2D eigenvalue weighted by atomic mass is 79.9. The molecule has 1 amide bonds. The molecule has 5 heteroatoms. The van der Waals surface area contributed by atoms with Gasteiger partial charge in [0.2, 0.25) is 5.91 Å². The van der Waals surface area contributed by atoms with Gasteiger partial charge in [0.25, 0.3) is 0 Å². The number of rotatable bonds is 5. The Hall–Kier alpha value is -1.36. The number of hydrogen-bond acceptors (Lipinski definition) is 3. The lowest BCUT2D eigenvalue weighted by atomic mass is 9.79.